The first kappa shape index (κ1) is 8.27. The molecule has 2 unspecified atom stereocenters. The zero-order chi connectivity index (χ0) is 8.72. The molecule has 1 aliphatic rings. The molecule has 1 aromatic rings. The lowest BCUT2D eigenvalue weighted by atomic mass is 10.2. The number of Topliss-reactive ketones (excluding diaryl/α,β-unsaturated/α-hetero) is 1. The van der Waals surface area contributed by atoms with Crippen LogP contribution in [0.25, 0.3) is 0 Å². The van der Waals surface area contributed by atoms with Gasteiger partial charge in [-0.3, -0.25) is 4.79 Å². The third kappa shape index (κ3) is 1.41. The topological polar surface area (TPSA) is 17.1 Å². The Bertz CT molecular complexity index is 318. The minimum absolute atomic E-state index is 0.278. The number of hydrogen-bond donors (Lipinski definition) is 0. The fourth-order valence-electron chi connectivity index (χ4n) is 1.49. The minimum Gasteiger partial charge on any atom is -0.300 e. The van der Waals surface area contributed by atoms with Gasteiger partial charge in [-0.2, -0.15) is 0 Å². The predicted octanol–water partition coefficient (Wildman–Crippen LogP) is 3.09. The Kier molecular flexibility index (Phi) is 1.97. The molecule has 1 aliphatic carbocycles. The van der Waals surface area contributed by atoms with Gasteiger partial charge < -0.3 is 0 Å². The number of halogens is 1. The maximum atomic E-state index is 11.0. The number of hydrogen-bond acceptors (Lipinski definition) is 2. The lowest BCUT2D eigenvalue weighted by Gasteiger charge is -1.90. The monoisotopic (exact) mass is 200 g/mol. The summed E-state index contributed by atoms with van der Waals surface area (Å²) in [6, 6.07) is 3.93. The van der Waals surface area contributed by atoms with E-state index >= 15 is 0 Å². The number of thiophene rings is 1. The summed E-state index contributed by atoms with van der Waals surface area (Å²) in [6.45, 7) is 1.67. The maximum absolute atomic E-state index is 11.0. The van der Waals surface area contributed by atoms with E-state index in [4.69, 9.17) is 11.6 Å². The van der Waals surface area contributed by atoms with Crippen molar-refractivity contribution in [3.63, 3.8) is 0 Å². The van der Waals surface area contributed by atoms with Gasteiger partial charge in [0.2, 0.25) is 0 Å². The Morgan fingerprint density at radius 1 is 1.67 bits per heavy atom. The van der Waals surface area contributed by atoms with E-state index in [9.17, 15) is 4.79 Å². The lowest BCUT2D eigenvalue weighted by Crippen LogP contribution is -1.93. The van der Waals surface area contributed by atoms with Crippen LogP contribution in [-0.2, 0) is 4.79 Å². The number of carbonyl (C=O) groups is 1. The molecule has 12 heavy (non-hydrogen) atoms. The summed E-state index contributed by atoms with van der Waals surface area (Å²) >= 11 is 7.39. The largest absolute Gasteiger partial charge is 0.300 e. The van der Waals surface area contributed by atoms with E-state index < -0.39 is 0 Å². The normalized spacial score (nSPS) is 27.2. The molecule has 2 atom stereocenters. The fraction of sp³-hybridized carbons (Fsp3) is 0.444. The van der Waals surface area contributed by atoms with Gasteiger partial charge in [0.1, 0.15) is 5.78 Å². The highest BCUT2D eigenvalue weighted by Crippen LogP contribution is 2.50. The average Bonchev–Trinajstić information content (AvgIpc) is 2.70. The van der Waals surface area contributed by atoms with Gasteiger partial charge in [0.15, 0.2) is 0 Å². The molecule has 0 N–H and O–H groups in total. The molecule has 0 saturated heterocycles. The van der Waals surface area contributed by atoms with Gasteiger partial charge in [-0.15, -0.1) is 11.3 Å². The van der Waals surface area contributed by atoms with E-state index in [0.29, 0.717) is 11.7 Å². The molecule has 64 valence electrons. The Labute approximate surface area is 80.4 Å². The maximum Gasteiger partial charge on any atom is 0.133 e. The molecule has 2 rings (SSSR count). The van der Waals surface area contributed by atoms with Gasteiger partial charge in [-0.05, 0) is 25.5 Å². The quantitative estimate of drug-likeness (QED) is 0.717. The van der Waals surface area contributed by atoms with Gasteiger partial charge in [0.05, 0.1) is 4.34 Å². The second-order valence-corrected chi connectivity index (χ2v) is 4.95. The molecule has 0 amide bonds. The molecule has 0 spiro atoms. The summed E-state index contributed by atoms with van der Waals surface area (Å²) in [6.07, 6.45) is 1.02. The molecule has 1 saturated carbocycles. The van der Waals surface area contributed by atoms with Crippen LogP contribution in [0.3, 0.4) is 0 Å². The van der Waals surface area contributed by atoms with E-state index in [0.717, 1.165) is 10.8 Å². The first-order chi connectivity index (χ1) is 5.68. The highest BCUT2D eigenvalue weighted by molar-refractivity contribution is 7.16. The third-order valence-corrected chi connectivity index (χ3v) is 3.64. The summed E-state index contributed by atoms with van der Waals surface area (Å²) in [5.74, 6) is 1.06. The first-order valence-electron chi connectivity index (χ1n) is 3.94. The van der Waals surface area contributed by atoms with Crippen molar-refractivity contribution in [3.8, 4) is 0 Å². The molecule has 0 aromatic carbocycles. The summed E-state index contributed by atoms with van der Waals surface area (Å²) in [5.41, 5.74) is 0. The second kappa shape index (κ2) is 2.86. The molecule has 0 bridgehead atoms. The predicted molar refractivity (Wildman–Crippen MR) is 50.9 cm³/mol. The minimum atomic E-state index is 0.278. The van der Waals surface area contributed by atoms with Crippen LogP contribution in [0.2, 0.25) is 4.34 Å². The average molecular weight is 201 g/mol. The Hall–Kier alpha value is -0.340. The smallest absolute Gasteiger partial charge is 0.133 e. The SMILES string of the molecule is CC(=O)C1CC1c1ccc(Cl)s1. The van der Waals surface area contributed by atoms with Gasteiger partial charge in [0, 0.05) is 16.7 Å². The van der Waals surface area contributed by atoms with Gasteiger partial charge in [0.25, 0.3) is 0 Å². The van der Waals surface area contributed by atoms with Crippen molar-refractivity contribution in [1.82, 2.24) is 0 Å². The summed E-state index contributed by atoms with van der Waals surface area (Å²) in [4.78, 5) is 12.2. The number of ketones is 1. The molecule has 1 nitrogen and oxygen atoms in total. The van der Waals surface area contributed by atoms with Gasteiger partial charge in [-0.25, -0.2) is 0 Å². The van der Waals surface area contributed by atoms with Crippen molar-refractivity contribution in [3.05, 3.63) is 21.3 Å². The van der Waals surface area contributed by atoms with Crippen LogP contribution in [-0.4, -0.2) is 5.78 Å². The standard InChI is InChI=1S/C9H9ClOS/c1-5(11)6-4-7(6)8-2-3-9(10)12-8/h2-3,6-7H,4H2,1H3. The highest BCUT2D eigenvalue weighted by Gasteiger charge is 2.42. The van der Waals surface area contributed by atoms with Crippen molar-refractivity contribution in [2.75, 3.05) is 0 Å². The summed E-state index contributed by atoms with van der Waals surface area (Å²) < 4.78 is 0.819. The fourth-order valence-corrected chi connectivity index (χ4v) is 2.73. The zero-order valence-corrected chi connectivity index (χ0v) is 8.28. The third-order valence-electron chi connectivity index (χ3n) is 2.27. The Morgan fingerprint density at radius 3 is 2.83 bits per heavy atom. The molecular weight excluding hydrogens is 192 g/mol. The van der Waals surface area contributed by atoms with Crippen LogP contribution in [0.5, 0.6) is 0 Å². The molecule has 1 heterocycles. The molecule has 0 radical (unpaired) electrons. The van der Waals surface area contributed by atoms with E-state index in [1.807, 2.05) is 12.1 Å². The van der Waals surface area contributed by atoms with Gasteiger partial charge >= 0.3 is 0 Å². The number of carbonyl (C=O) groups excluding carboxylic acids is 1. The van der Waals surface area contributed by atoms with E-state index in [1.165, 1.54) is 4.88 Å². The van der Waals surface area contributed by atoms with Crippen LogP contribution >= 0.6 is 22.9 Å². The van der Waals surface area contributed by atoms with Crippen molar-refractivity contribution in [2.24, 2.45) is 5.92 Å². The Balaban J connectivity index is 2.10. The van der Waals surface area contributed by atoms with E-state index in [-0.39, 0.29) is 5.92 Å². The summed E-state index contributed by atoms with van der Waals surface area (Å²) in [7, 11) is 0. The summed E-state index contributed by atoms with van der Waals surface area (Å²) in [5, 5.41) is 0. The molecule has 0 aliphatic heterocycles. The van der Waals surface area contributed by atoms with Crippen LogP contribution in [0.1, 0.15) is 24.1 Å². The van der Waals surface area contributed by atoms with Crippen molar-refractivity contribution in [2.45, 2.75) is 19.3 Å². The van der Waals surface area contributed by atoms with E-state index in [2.05, 4.69) is 0 Å². The lowest BCUT2D eigenvalue weighted by molar-refractivity contribution is -0.118. The van der Waals surface area contributed by atoms with Crippen molar-refractivity contribution < 1.29 is 4.79 Å². The molecule has 1 aromatic heterocycles. The van der Waals surface area contributed by atoms with Gasteiger partial charge in [-0.1, -0.05) is 11.6 Å². The zero-order valence-electron chi connectivity index (χ0n) is 6.71. The van der Waals surface area contributed by atoms with Crippen LogP contribution in [0, 0.1) is 5.92 Å². The number of rotatable bonds is 2. The van der Waals surface area contributed by atoms with Crippen molar-refractivity contribution in [1.29, 1.82) is 0 Å². The van der Waals surface area contributed by atoms with E-state index in [1.54, 1.807) is 18.3 Å². The van der Waals surface area contributed by atoms with Crippen LogP contribution < -0.4 is 0 Å². The molecule has 3 heteroatoms. The van der Waals surface area contributed by atoms with Crippen LogP contribution in [0.4, 0.5) is 0 Å². The first-order valence-corrected chi connectivity index (χ1v) is 5.13. The Morgan fingerprint density at radius 2 is 2.42 bits per heavy atom. The molecule has 1 fully saturated rings. The molecular formula is C9H9ClOS. The van der Waals surface area contributed by atoms with Crippen LogP contribution in [0.15, 0.2) is 12.1 Å². The second-order valence-electron chi connectivity index (χ2n) is 3.20. The highest BCUT2D eigenvalue weighted by atomic mass is 35.5. The van der Waals surface area contributed by atoms with Crippen molar-refractivity contribution >= 4 is 28.7 Å².